The summed E-state index contributed by atoms with van der Waals surface area (Å²) in [5.41, 5.74) is 1.48. The number of piperidine rings is 1. The summed E-state index contributed by atoms with van der Waals surface area (Å²) in [6, 6.07) is 8.39. The monoisotopic (exact) mass is 420 g/mol. The Bertz CT molecular complexity index is 981. The summed E-state index contributed by atoms with van der Waals surface area (Å²) in [5, 5.41) is 3.34. The van der Waals surface area contributed by atoms with Gasteiger partial charge in [-0.3, -0.25) is 4.79 Å². The van der Waals surface area contributed by atoms with Gasteiger partial charge < -0.3 is 19.7 Å². The van der Waals surface area contributed by atoms with Crippen molar-refractivity contribution in [3.05, 3.63) is 59.4 Å². The average molecular weight is 421 g/mol. The lowest BCUT2D eigenvalue weighted by molar-refractivity contribution is -0.138. The minimum atomic E-state index is -1.06. The fraction of sp³-hybridized carbons (Fsp3) is 0.440. The number of ether oxygens (including phenoxy) is 2. The molecule has 3 aliphatic rings. The summed E-state index contributed by atoms with van der Waals surface area (Å²) in [4.78, 5) is 27.2. The SMILES string of the molecule is C#CCC1(CC(=C)C(=O)OCC)NC(N2CCC3(CC2)OCc2ccccc23)=CC1=O. The lowest BCUT2D eigenvalue weighted by Gasteiger charge is -2.41. The average Bonchev–Trinajstić information content (AvgIpc) is 3.28. The largest absolute Gasteiger partial charge is 0.463 e. The third kappa shape index (κ3) is 3.75. The van der Waals surface area contributed by atoms with E-state index in [2.05, 4.69) is 40.9 Å². The summed E-state index contributed by atoms with van der Waals surface area (Å²) in [5.74, 6) is 2.70. The van der Waals surface area contributed by atoms with Crippen molar-refractivity contribution in [1.82, 2.24) is 10.2 Å². The first-order valence-electron chi connectivity index (χ1n) is 10.7. The van der Waals surface area contributed by atoms with Crippen LogP contribution in [0.15, 0.2) is 48.3 Å². The van der Waals surface area contributed by atoms with E-state index in [0.29, 0.717) is 6.61 Å². The van der Waals surface area contributed by atoms with Crippen LogP contribution in [0.25, 0.3) is 0 Å². The van der Waals surface area contributed by atoms with Crippen LogP contribution in [-0.2, 0) is 31.3 Å². The molecule has 1 fully saturated rings. The van der Waals surface area contributed by atoms with Gasteiger partial charge in [0.25, 0.3) is 0 Å². The molecule has 1 spiro atoms. The van der Waals surface area contributed by atoms with Crippen molar-refractivity contribution in [1.29, 1.82) is 0 Å². The standard InChI is InChI=1S/C25H28N2O4/c1-4-10-24(16-18(3)23(29)30-5-2)21(28)15-22(26-24)27-13-11-25(12-14-27)20-9-7-6-8-19(20)17-31-25/h1,6-9,15,26H,3,5,10-14,16-17H2,2H3. The number of hydrogen-bond donors (Lipinski definition) is 1. The maximum atomic E-state index is 13.0. The van der Waals surface area contributed by atoms with Crippen molar-refractivity contribution in [2.75, 3.05) is 19.7 Å². The number of carbonyl (C=O) groups excluding carboxylic acids is 2. The normalized spacial score (nSPS) is 23.7. The van der Waals surface area contributed by atoms with Crippen LogP contribution in [0, 0.1) is 12.3 Å². The third-order valence-electron chi connectivity index (χ3n) is 6.51. The molecule has 0 aliphatic carbocycles. The zero-order chi connectivity index (χ0) is 22.1. The summed E-state index contributed by atoms with van der Waals surface area (Å²) < 4.78 is 11.3. The third-order valence-corrected chi connectivity index (χ3v) is 6.51. The van der Waals surface area contributed by atoms with E-state index in [0.717, 1.165) is 31.8 Å². The molecule has 1 aromatic rings. The molecule has 0 radical (unpaired) electrons. The summed E-state index contributed by atoms with van der Waals surface area (Å²) >= 11 is 0. The van der Waals surface area contributed by atoms with E-state index in [1.54, 1.807) is 13.0 Å². The molecule has 0 saturated carbocycles. The van der Waals surface area contributed by atoms with Crippen molar-refractivity contribution in [2.24, 2.45) is 0 Å². The number of carbonyl (C=O) groups is 2. The van der Waals surface area contributed by atoms with Gasteiger partial charge in [0.15, 0.2) is 5.78 Å². The molecule has 0 bridgehead atoms. The van der Waals surface area contributed by atoms with E-state index < -0.39 is 11.5 Å². The van der Waals surface area contributed by atoms with Gasteiger partial charge in [0.1, 0.15) is 11.4 Å². The lowest BCUT2D eigenvalue weighted by atomic mass is 9.84. The Balaban J connectivity index is 1.45. The molecule has 1 atom stereocenters. The number of hydrogen-bond acceptors (Lipinski definition) is 6. The number of rotatable bonds is 6. The highest BCUT2D eigenvalue weighted by molar-refractivity contribution is 6.02. The van der Waals surface area contributed by atoms with Crippen LogP contribution in [-0.4, -0.2) is 41.9 Å². The van der Waals surface area contributed by atoms with E-state index in [1.165, 1.54) is 11.1 Å². The highest BCUT2D eigenvalue weighted by atomic mass is 16.5. The molecule has 3 heterocycles. The number of nitrogens with one attached hydrogen (secondary N) is 1. The Kier molecular flexibility index (Phi) is 5.63. The number of benzene rings is 1. The van der Waals surface area contributed by atoms with Crippen LogP contribution < -0.4 is 5.32 Å². The highest BCUT2D eigenvalue weighted by Crippen LogP contribution is 2.44. The van der Waals surface area contributed by atoms with E-state index in [4.69, 9.17) is 15.9 Å². The first-order valence-corrected chi connectivity index (χ1v) is 10.7. The first kappa shape index (κ1) is 21.2. The van der Waals surface area contributed by atoms with Crippen molar-refractivity contribution in [3.63, 3.8) is 0 Å². The number of fused-ring (bicyclic) bond motifs is 2. The number of terminal acetylenes is 1. The van der Waals surface area contributed by atoms with E-state index >= 15 is 0 Å². The molecular weight excluding hydrogens is 392 g/mol. The van der Waals surface area contributed by atoms with Crippen molar-refractivity contribution in [2.45, 2.75) is 50.4 Å². The van der Waals surface area contributed by atoms with Crippen molar-refractivity contribution >= 4 is 11.8 Å². The van der Waals surface area contributed by atoms with Crippen molar-refractivity contribution in [3.8, 4) is 12.3 Å². The number of ketones is 1. The zero-order valence-electron chi connectivity index (χ0n) is 17.9. The lowest BCUT2D eigenvalue weighted by Crippen LogP contribution is -2.51. The molecule has 1 unspecified atom stereocenters. The van der Waals surface area contributed by atoms with E-state index in [1.807, 2.05) is 6.07 Å². The molecule has 1 N–H and O–H groups in total. The molecule has 31 heavy (non-hydrogen) atoms. The fourth-order valence-electron chi connectivity index (χ4n) is 4.85. The minimum Gasteiger partial charge on any atom is -0.463 e. The second kappa shape index (κ2) is 8.24. The van der Waals surface area contributed by atoms with Crippen LogP contribution in [0.1, 0.15) is 43.7 Å². The topological polar surface area (TPSA) is 67.9 Å². The minimum absolute atomic E-state index is 0.114. The molecule has 162 valence electrons. The summed E-state index contributed by atoms with van der Waals surface area (Å²) in [6.07, 6.45) is 9.14. The maximum absolute atomic E-state index is 13.0. The Labute approximate surface area is 183 Å². The molecule has 1 saturated heterocycles. The molecule has 0 aromatic heterocycles. The number of nitrogens with zero attached hydrogens (tertiary/aromatic N) is 1. The Morgan fingerprint density at radius 1 is 1.35 bits per heavy atom. The Morgan fingerprint density at radius 3 is 2.81 bits per heavy atom. The zero-order valence-corrected chi connectivity index (χ0v) is 17.9. The predicted molar refractivity (Wildman–Crippen MR) is 117 cm³/mol. The Morgan fingerprint density at radius 2 is 2.10 bits per heavy atom. The molecule has 6 nitrogen and oxygen atoms in total. The van der Waals surface area contributed by atoms with Gasteiger partial charge in [-0.2, -0.15) is 0 Å². The van der Waals surface area contributed by atoms with Gasteiger partial charge >= 0.3 is 5.97 Å². The number of likely N-dealkylation sites (tertiary alicyclic amines) is 1. The molecule has 1 aromatic carbocycles. The number of esters is 1. The van der Waals surface area contributed by atoms with Gasteiger partial charge in [0.05, 0.1) is 18.8 Å². The van der Waals surface area contributed by atoms with Crippen LogP contribution in [0.4, 0.5) is 0 Å². The summed E-state index contributed by atoms with van der Waals surface area (Å²) in [7, 11) is 0. The molecular formula is C25H28N2O4. The van der Waals surface area contributed by atoms with Gasteiger partial charge in [-0.05, 0) is 30.9 Å². The van der Waals surface area contributed by atoms with Crippen molar-refractivity contribution < 1.29 is 19.1 Å². The fourth-order valence-corrected chi connectivity index (χ4v) is 4.85. The predicted octanol–water partition coefficient (Wildman–Crippen LogP) is 2.79. The van der Waals surface area contributed by atoms with Gasteiger partial charge in [0.2, 0.25) is 0 Å². The van der Waals surface area contributed by atoms with Gasteiger partial charge in [-0.25, -0.2) is 4.79 Å². The first-order chi connectivity index (χ1) is 14.9. The molecule has 4 rings (SSSR count). The quantitative estimate of drug-likeness (QED) is 0.434. The smallest absolute Gasteiger partial charge is 0.333 e. The van der Waals surface area contributed by atoms with Crippen LogP contribution in [0.2, 0.25) is 0 Å². The summed E-state index contributed by atoms with van der Waals surface area (Å²) in [6.45, 7) is 7.97. The second-order valence-corrected chi connectivity index (χ2v) is 8.41. The molecule has 6 heteroatoms. The van der Waals surface area contributed by atoms with Gasteiger partial charge in [0, 0.05) is 37.6 Å². The maximum Gasteiger partial charge on any atom is 0.333 e. The van der Waals surface area contributed by atoms with Crippen LogP contribution in [0.3, 0.4) is 0 Å². The van der Waals surface area contributed by atoms with E-state index in [-0.39, 0.29) is 36.4 Å². The van der Waals surface area contributed by atoms with Crippen LogP contribution in [0.5, 0.6) is 0 Å². The van der Waals surface area contributed by atoms with E-state index in [9.17, 15) is 9.59 Å². The molecule has 0 amide bonds. The highest BCUT2D eigenvalue weighted by Gasteiger charge is 2.47. The second-order valence-electron chi connectivity index (χ2n) is 8.41. The van der Waals surface area contributed by atoms with Gasteiger partial charge in [-0.15, -0.1) is 12.3 Å². The molecule has 3 aliphatic heterocycles. The van der Waals surface area contributed by atoms with Gasteiger partial charge in [-0.1, -0.05) is 30.8 Å². The Hall–Kier alpha value is -3.04. The van der Waals surface area contributed by atoms with Crippen LogP contribution >= 0.6 is 0 Å².